The Bertz CT molecular complexity index is 753. The number of para-hydroxylation sites is 1. The number of hydrogen-bond donors (Lipinski definition) is 2. The summed E-state index contributed by atoms with van der Waals surface area (Å²) in [6.45, 7) is 0. The van der Waals surface area contributed by atoms with E-state index in [1.165, 1.54) is 16.9 Å². The molecule has 0 aliphatic heterocycles. The first kappa shape index (κ1) is 8.84. The van der Waals surface area contributed by atoms with Gasteiger partial charge in [-0.15, -0.1) is 0 Å². The van der Waals surface area contributed by atoms with Crippen molar-refractivity contribution in [1.29, 1.82) is 5.41 Å². The van der Waals surface area contributed by atoms with Crippen molar-refractivity contribution in [3.8, 4) is 0 Å². The lowest BCUT2D eigenvalue weighted by molar-refractivity contribution is 0.915. The molecule has 1 aromatic carbocycles. The van der Waals surface area contributed by atoms with E-state index in [4.69, 9.17) is 5.41 Å². The number of nitrogens with zero attached hydrogens (tertiary/aromatic N) is 2. The van der Waals surface area contributed by atoms with Gasteiger partial charge in [-0.1, -0.05) is 12.1 Å². The van der Waals surface area contributed by atoms with Crippen LogP contribution in [0, 0.1) is 5.41 Å². The summed E-state index contributed by atoms with van der Waals surface area (Å²) in [5.41, 5.74) is 1.74. The van der Waals surface area contributed by atoms with Crippen LogP contribution in [0.2, 0.25) is 0 Å². The van der Waals surface area contributed by atoms with Crippen LogP contribution < -0.4 is 5.56 Å². The standard InChI is InChI=1S/C11H8N4O/c12-5-7-6-13-15-10(7)14-9-4-2-1-3-8(9)11(15)16/h1-6,12,14H. The van der Waals surface area contributed by atoms with E-state index in [9.17, 15) is 4.79 Å². The van der Waals surface area contributed by atoms with Crippen LogP contribution in [0.25, 0.3) is 16.6 Å². The minimum Gasteiger partial charge on any atom is -0.339 e. The molecule has 3 rings (SSSR count). The normalized spacial score (nSPS) is 11.0. The molecule has 2 aromatic heterocycles. The molecule has 0 amide bonds. The number of H-pyrrole nitrogens is 1. The van der Waals surface area contributed by atoms with Crippen LogP contribution in [-0.2, 0) is 0 Å². The Balaban J connectivity index is 2.63. The monoisotopic (exact) mass is 212 g/mol. The molecule has 78 valence electrons. The number of aromatic amines is 1. The Morgan fingerprint density at radius 2 is 2.19 bits per heavy atom. The molecule has 16 heavy (non-hydrogen) atoms. The van der Waals surface area contributed by atoms with Gasteiger partial charge in [-0.2, -0.15) is 9.61 Å². The van der Waals surface area contributed by atoms with Crippen molar-refractivity contribution in [3.05, 3.63) is 46.4 Å². The molecule has 0 saturated heterocycles. The maximum Gasteiger partial charge on any atom is 0.282 e. The number of rotatable bonds is 1. The Kier molecular flexibility index (Phi) is 1.67. The summed E-state index contributed by atoms with van der Waals surface area (Å²) in [4.78, 5) is 15.1. The first-order chi connectivity index (χ1) is 7.81. The van der Waals surface area contributed by atoms with Crippen LogP contribution in [0.4, 0.5) is 0 Å². The molecule has 0 unspecified atom stereocenters. The molecular formula is C11H8N4O. The fourth-order valence-electron chi connectivity index (χ4n) is 1.77. The highest BCUT2D eigenvalue weighted by Crippen LogP contribution is 2.10. The van der Waals surface area contributed by atoms with Crippen molar-refractivity contribution >= 4 is 22.8 Å². The Hall–Kier alpha value is -2.43. The third kappa shape index (κ3) is 1.02. The van der Waals surface area contributed by atoms with Crippen LogP contribution in [0.5, 0.6) is 0 Å². The maximum atomic E-state index is 12.0. The van der Waals surface area contributed by atoms with Gasteiger partial charge in [0.15, 0.2) is 0 Å². The molecule has 3 aromatic rings. The average molecular weight is 212 g/mol. The van der Waals surface area contributed by atoms with Crippen molar-refractivity contribution in [2.75, 3.05) is 0 Å². The van der Waals surface area contributed by atoms with Gasteiger partial charge in [0, 0.05) is 6.21 Å². The van der Waals surface area contributed by atoms with Crippen LogP contribution in [0.3, 0.4) is 0 Å². The maximum absolute atomic E-state index is 12.0. The van der Waals surface area contributed by atoms with Gasteiger partial charge < -0.3 is 10.4 Å². The molecule has 0 fully saturated rings. The van der Waals surface area contributed by atoms with Crippen LogP contribution in [0.1, 0.15) is 5.56 Å². The summed E-state index contributed by atoms with van der Waals surface area (Å²) >= 11 is 0. The van der Waals surface area contributed by atoms with Gasteiger partial charge in [0.05, 0.1) is 22.7 Å². The zero-order valence-electron chi connectivity index (χ0n) is 8.27. The summed E-state index contributed by atoms with van der Waals surface area (Å²) < 4.78 is 1.28. The highest BCUT2D eigenvalue weighted by atomic mass is 16.1. The van der Waals surface area contributed by atoms with E-state index in [0.29, 0.717) is 16.6 Å². The van der Waals surface area contributed by atoms with Gasteiger partial charge in [0.2, 0.25) is 0 Å². The van der Waals surface area contributed by atoms with Gasteiger partial charge in [-0.05, 0) is 12.1 Å². The minimum absolute atomic E-state index is 0.169. The fourth-order valence-corrected chi connectivity index (χ4v) is 1.77. The number of fused-ring (bicyclic) bond motifs is 2. The molecule has 0 aliphatic carbocycles. The van der Waals surface area contributed by atoms with Crippen molar-refractivity contribution in [2.45, 2.75) is 0 Å². The van der Waals surface area contributed by atoms with E-state index in [0.717, 1.165) is 5.52 Å². The molecule has 5 heteroatoms. The number of nitrogens with one attached hydrogen (secondary N) is 2. The Labute approximate surface area is 89.9 Å². The summed E-state index contributed by atoms with van der Waals surface area (Å²) in [6, 6.07) is 7.25. The SMILES string of the molecule is N=Cc1cnn2c(=O)c3ccccc3[nH]c12. The smallest absolute Gasteiger partial charge is 0.282 e. The second kappa shape index (κ2) is 3.03. The van der Waals surface area contributed by atoms with Gasteiger partial charge in [0.1, 0.15) is 5.65 Å². The highest BCUT2D eigenvalue weighted by Gasteiger charge is 2.07. The van der Waals surface area contributed by atoms with Gasteiger partial charge in [-0.25, -0.2) is 0 Å². The van der Waals surface area contributed by atoms with Crippen LogP contribution in [0.15, 0.2) is 35.3 Å². The van der Waals surface area contributed by atoms with Crippen molar-refractivity contribution in [3.63, 3.8) is 0 Å². The zero-order valence-corrected chi connectivity index (χ0v) is 8.27. The third-order valence-corrected chi connectivity index (χ3v) is 2.56. The topological polar surface area (TPSA) is 74.0 Å². The molecule has 0 radical (unpaired) electrons. The highest BCUT2D eigenvalue weighted by molar-refractivity contribution is 5.88. The van der Waals surface area contributed by atoms with E-state index in [1.54, 1.807) is 6.07 Å². The molecule has 2 N–H and O–H groups in total. The predicted molar refractivity (Wildman–Crippen MR) is 61.2 cm³/mol. The lowest BCUT2D eigenvalue weighted by Gasteiger charge is -1.99. The summed E-state index contributed by atoms with van der Waals surface area (Å²) in [5.74, 6) is 0. The molecule has 0 bridgehead atoms. The molecule has 5 nitrogen and oxygen atoms in total. The van der Waals surface area contributed by atoms with E-state index in [1.807, 2.05) is 18.2 Å². The molecule has 0 atom stereocenters. The van der Waals surface area contributed by atoms with E-state index in [-0.39, 0.29) is 5.56 Å². The number of hydrogen-bond acceptors (Lipinski definition) is 3. The first-order valence-electron chi connectivity index (χ1n) is 4.80. The molecule has 0 saturated carbocycles. The Morgan fingerprint density at radius 3 is 3.00 bits per heavy atom. The molecule has 0 aliphatic rings. The second-order valence-electron chi connectivity index (χ2n) is 3.48. The second-order valence-corrected chi connectivity index (χ2v) is 3.48. The predicted octanol–water partition coefficient (Wildman–Crippen LogP) is 1.17. The molecule has 0 spiro atoms. The van der Waals surface area contributed by atoms with Crippen molar-refractivity contribution in [2.24, 2.45) is 0 Å². The van der Waals surface area contributed by atoms with Crippen LogP contribution >= 0.6 is 0 Å². The lowest BCUT2D eigenvalue weighted by atomic mass is 10.2. The van der Waals surface area contributed by atoms with E-state index in [2.05, 4.69) is 10.1 Å². The summed E-state index contributed by atoms with van der Waals surface area (Å²) in [6.07, 6.45) is 2.67. The number of benzene rings is 1. The summed E-state index contributed by atoms with van der Waals surface area (Å²) in [5, 5.41) is 11.8. The zero-order chi connectivity index (χ0) is 11.1. The molecular weight excluding hydrogens is 204 g/mol. The third-order valence-electron chi connectivity index (χ3n) is 2.56. The van der Waals surface area contributed by atoms with Gasteiger partial charge in [0.25, 0.3) is 5.56 Å². The van der Waals surface area contributed by atoms with E-state index >= 15 is 0 Å². The van der Waals surface area contributed by atoms with Gasteiger partial charge in [-0.3, -0.25) is 4.79 Å². The quantitative estimate of drug-likeness (QED) is 0.594. The minimum atomic E-state index is -0.169. The fraction of sp³-hybridized carbons (Fsp3) is 0. The largest absolute Gasteiger partial charge is 0.339 e. The number of aromatic nitrogens is 3. The molecule has 2 heterocycles. The van der Waals surface area contributed by atoms with Gasteiger partial charge >= 0.3 is 0 Å². The average Bonchev–Trinajstić information content (AvgIpc) is 2.72. The van der Waals surface area contributed by atoms with E-state index < -0.39 is 0 Å². The first-order valence-corrected chi connectivity index (χ1v) is 4.80. The van der Waals surface area contributed by atoms with Crippen LogP contribution in [-0.4, -0.2) is 20.8 Å². The lowest BCUT2D eigenvalue weighted by Crippen LogP contribution is -2.15. The Morgan fingerprint density at radius 1 is 1.38 bits per heavy atom. The van der Waals surface area contributed by atoms with Crippen molar-refractivity contribution in [1.82, 2.24) is 14.6 Å². The van der Waals surface area contributed by atoms with Crippen molar-refractivity contribution < 1.29 is 0 Å². The summed E-state index contributed by atoms with van der Waals surface area (Å²) in [7, 11) is 0.